The lowest BCUT2D eigenvalue weighted by Gasteiger charge is -2.22. The van der Waals surface area contributed by atoms with Gasteiger partial charge in [-0.15, -0.1) is 0 Å². The van der Waals surface area contributed by atoms with Crippen molar-refractivity contribution < 1.29 is 14.3 Å². The van der Waals surface area contributed by atoms with Gasteiger partial charge in [0, 0.05) is 11.6 Å². The van der Waals surface area contributed by atoms with Crippen LogP contribution < -0.4 is 15.4 Å². The molecule has 0 saturated carbocycles. The number of aromatic nitrogens is 2. The average Bonchev–Trinajstić information content (AvgIpc) is 3.19. The summed E-state index contributed by atoms with van der Waals surface area (Å²) in [7, 11) is 0. The largest absolute Gasteiger partial charge is 0.494 e. The Hall–Kier alpha value is -3.61. The molecule has 1 heterocycles. The fraction of sp³-hybridized carbons (Fsp3) is 0.292. The highest BCUT2D eigenvalue weighted by molar-refractivity contribution is 6.01. The second-order valence-electron chi connectivity index (χ2n) is 7.50. The van der Waals surface area contributed by atoms with E-state index in [0.29, 0.717) is 30.3 Å². The lowest BCUT2D eigenvalue weighted by molar-refractivity contribution is -0.118. The smallest absolute Gasteiger partial charge is 0.251 e. The Balaban J connectivity index is 1.67. The third-order valence-corrected chi connectivity index (χ3v) is 4.81. The Morgan fingerprint density at radius 1 is 1.03 bits per heavy atom. The van der Waals surface area contributed by atoms with Crippen molar-refractivity contribution in [1.29, 1.82) is 0 Å². The van der Waals surface area contributed by atoms with Gasteiger partial charge in [-0.3, -0.25) is 9.59 Å². The zero-order chi connectivity index (χ0) is 22.2. The number of hydrogen-bond acceptors (Lipinski definition) is 4. The van der Waals surface area contributed by atoms with Gasteiger partial charge in [-0.1, -0.05) is 44.2 Å². The first-order valence-electron chi connectivity index (χ1n) is 10.4. The second-order valence-corrected chi connectivity index (χ2v) is 7.50. The number of anilines is 1. The molecule has 3 rings (SSSR count). The minimum Gasteiger partial charge on any atom is -0.494 e. The summed E-state index contributed by atoms with van der Waals surface area (Å²) < 4.78 is 7.13. The molecule has 31 heavy (non-hydrogen) atoms. The summed E-state index contributed by atoms with van der Waals surface area (Å²) in [6.07, 6.45) is 1.64. The molecule has 0 radical (unpaired) electrons. The number of carbonyl (C=O) groups excluding carboxylic acids is 2. The van der Waals surface area contributed by atoms with Crippen LogP contribution in [-0.4, -0.2) is 34.2 Å². The molecular formula is C24H28N4O3. The molecule has 7 heteroatoms. The molecule has 0 spiro atoms. The van der Waals surface area contributed by atoms with E-state index in [1.807, 2.05) is 51.1 Å². The molecule has 2 amide bonds. The molecule has 162 valence electrons. The molecule has 0 aliphatic rings. The van der Waals surface area contributed by atoms with Crippen molar-refractivity contribution in [2.75, 3.05) is 11.9 Å². The van der Waals surface area contributed by atoms with Gasteiger partial charge in [-0.25, -0.2) is 4.68 Å². The van der Waals surface area contributed by atoms with Crippen molar-refractivity contribution in [3.8, 4) is 5.75 Å². The van der Waals surface area contributed by atoms with E-state index < -0.39 is 6.04 Å². The van der Waals surface area contributed by atoms with Gasteiger partial charge in [-0.2, -0.15) is 5.10 Å². The van der Waals surface area contributed by atoms with Crippen LogP contribution in [0, 0.1) is 5.92 Å². The minimum absolute atomic E-state index is 0.0999. The molecule has 0 fully saturated rings. The summed E-state index contributed by atoms with van der Waals surface area (Å²) in [6.45, 7) is 6.78. The van der Waals surface area contributed by atoms with Crippen LogP contribution in [-0.2, 0) is 11.3 Å². The molecule has 2 aromatic carbocycles. The van der Waals surface area contributed by atoms with E-state index >= 15 is 0 Å². The van der Waals surface area contributed by atoms with Gasteiger partial charge >= 0.3 is 0 Å². The molecule has 0 aliphatic carbocycles. The number of amides is 2. The third-order valence-electron chi connectivity index (χ3n) is 4.81. The highest BCUT2D eigenvalue weighted by atomic mass is 16.5. The number of nitrogens with zero attached hydrogens (tertiary/aromatic N) is 2. The van der Waals surface area contributed by atoms with Crippen molar-refractivity contribution in [2.24, 2.45) is 5.92 Å². The Bertz CT molecular complexity index is 997. The topological polar surface area (TPSA) is 85.2 Å². The van der Waals surface area contributed by atoms with E-state index in [0.717, 1.165) is 5.56 Å². The number of benzene rings is 2. The summed E-state index contributed by atoms with van der Waals surface area (Å²) in [4.78, 5) is 25.7. The van der Waals surface area contributed by atoms with Crippen LogP contribution in [0.15, 0.2) is 66.9 Å². The maximum atomic E-state index is 13.0. The van der Waals surface area contributed by atoms with E-state index in [-0.39, 0.29) is 17.7 Å². The maximum Gasteiger partial charge on any atom is 0.251 e. The minimum atomic E-state index is -0.695. The first kappa shape index (κ1) is 22.1. The molecule has 0 bridgehead atoms. The first-order valence-corrected chi connectivity index (χ1v) is 10.4. The van der Waals surface area contributed by atoms with Gasteiger partial charge in [0.2, 0.25) is 5.91 Å². The Morgan fingerprint density at radius 2 is 1.74 bits per heavy atom. The number of carbonyl (C=O) groups is 2. The molecule has 0 unspecified atom stereocenters. The highest BCUT2D eigenvalue weighted by Crippen LogP contribution is 2.15. The van der Waals surface area contributed by atoms with E-state index in [1.165, 1.54) is 0 Å². The predicted molar refractivity (Wildman–Crippen MR) is 120 cm³/mol. The zero-order valence-corrected chi connectivity index (χ0v) is 18.0. The summed E-state index contributed by atoms with van der Waals surface area (Å²) in [5.41, 5.74) is 1.54. The van der Waals surface area contributed by atoms with E-state index in [9.17, 15) is 9.59 Å². The molecule has 0 aliphatic heterocycles. The van der Waals surface area contributed by atoms with Gasteiger partial charge in [0.15, 0.2) is 0 Å². The molecule has 3 aromatic rings. The van der Waals surface area contributed by atoms with Crippen LogP contribution in [0.5, 0.6) is 5.75 Å². The zero-order valence-electron chi connectivity index (χ0n) is 18.0. The highest BCUT2D eigenvalue weighted by Gasteiger charge is 2.25. The SMILES string of the molecule is CCOc1ccc(C(=O)N[C@H](C(=O)Nc2ccnn2Cc2ccccc2)C(C)C)cc1. The monoisotopic (exact) mass is 420 g/mol. The van der Waals surface area contributed by atoms with Crippen LogP contribution in [0.1, 0.15) is 36.7 Å². The van der Waals surface area contributed by atoms with Gasteiger partial charge in [0.1, 0.15) is 17.6 Å². The Morgan fingerprint density at radius 3 is 2.39 bits per heavy atom. The number of nitrogens with one attached hydrogen (secondary N) is 2. The van der Waals surface area contributed by atoms with Crippen molar-refractivity contribution >= 4 is 17.6 Å². The quantitative estimate of drug-likeness (QED) is 0.552. The van der Waals surface area contributed by atoms with Crippen molar-refractivity contribution in [3.05, 3.63) is 78.0 Å². The average molecular weight is 421 g/mol. The van der Waals surface area contributed by atoms with Crippen molar-refractivity contribution in [3.63, 3.8) is 0 Å². The summed E-state index contributed by atoms with van der Waals surface area (Å²) in [5, 5.41) is 10.0. The second kappa shape index (κ2) is 10.4. The van der Waals surface area contributed by atoms with Gasteiger partial charge in [0.25, 0.3) is 5.91 Å². The molecule has 2 N–H and O–H groups in total. The van der Waals surface area contributed by atoms with Crippen LogP contribution in [0.2, 0.25) is 0 Å². The molecule has 1 atom stereocenters. The van der Waals surface area contributed by atoms with Gasteiger partial charge in [-0.05, 0) is 42.7 Å². The lowest BCUT2D eigenvalue weighted by Crippen LogP contribution is -2.47. The van der Waals surface area contributed by atoms with Gasteiger partial charge < -0.3 is 15.4 Å². The normalized spacial score (nSPS) is 11.7. The van der Waals surface area contributed by atoms with E-state index in [1.54, 1.807) is 41.2 Å². The number of ether oxygens (including phenoxy) is 1. The fourth-order valence-corrected chi connectivity index (χ4v) is 3.15. The standard InChI is InChI=1S/C24H28N4O3/c1-4-31-20-12-10-19(11-13-20)23(29)27-22(17(2)3)24(30)26-21-14-15-25-28(21)16-18-8-6-5-7-9-18/h5-15,17,22H,4,16H2,1-3H3,(H,26,30)(H,27,29)/t22-/m0/s1. The van der Waals surface area contributed by atoms with E-state index in [2.05, 4.69) is 15.7 Å². The maximum absolute atomic E-state index is 13.0. The van der Waals surface area contributed by atoms with Crippen molar-refractivity contribution in [1.82, 2.24) is 15.1 Å². The first-order chi connectivity index (χ1) is 15.0. The fourth-order valence-electron chi connectivity index (χ4n) is 3.15. The predicted octanol–water partition coefficient (Wildman–Crippen LogP) is 3.72. The van der Waals surface area contributed by atoms with Crippen molar-refractivity contribution in [2.45, 2.75) is 33.4 Å². The van der Waals surface area contributed by atoms with Gasteiger partial charge in [0.05, 0.1) is 19.3 Å². The summed E-state index contributed by atoms with van der Waals surface area (Å²) in [5.74, 6) is 0.578. The molecule has 7 nitrogen and oxygen atoms in total. The molecule has 0 saturated heterocycles. The van der Waals surface area contributed by atoms with Crippen LogP contribution in [0.4, 0.5) is 5.82 Å². The molecular weight excluding hydrogens is 392 g/mol. The van der Waals surface area contributed by atoms with E-state index in [4.69, 9.17) is 4.74 Å². The third kappa shape index (κ3) is 5.94. The molecule has 1 aromatic heterocycles. The summed E-state index contributed by atoms with van der Waals surface area (Å²) in [6, 6.07) is 17.8. The van der Waals surface area contributed by atoms with Crippen LogP contribution in [0.25, 0.3) is 0 Å². The van der Waals surface area contributed by atoms with Crippen LogP contribution in [0.3, 0.4) is 0 Å². The number of hydrogen-bond donors (Lipinski definition) is 2. The summed E-state index contributed by atoms with van der Waals surface area (Å²) >= 11 is 0. The Labute approximate surface area is 182 Å². The lowest BCUT2D eigenvalue weighted by atomic mass is 10.0. The number of rotatable bonds is 9. The van der Waals surface area contributed by atoms with Crippen LogP contribution >= 0.6 is 0 Å². The Kier molecular flexibility index (Phi) is 7.43.